The van der Waals surface area contributed by atoms with Gasteiger partial charge in [0.15, 0.2) is 0 Å². The van der Waals surface area contributed by atoms with Crippen molar-refractivity contribution in [2.24, 2.45) is 5.92 Å². The van der Waals surface area contributed by atoms with Gasteiger partial charge in [-0.1, -0.05) is 18.6 Å². The summed E-state index contributed by atoms with van der Waals surface area (Å²) in [5, 5.41) is 13.9. The van der Waals surface area contributed by atoms with Gasteiger partial charge in [-0.05, 0) is 20.3 Å². The fraction of sp³-hybridized carbons (Fsp3) is 0.636. The normalized spacial score (nSPS) is 11.4. The number of carboxylic acids is 1. The second-order valence-corrected chi connectivity index (χ2v) is 3.95. The first-order chi connectivity index (χ1) is 7.43. The Hall–Kier alpha value is -1.52. The van der Waals surface area contributed by atoms with Crippen molar-refractivity contribution in [3.63, 3.8) is 0 Å². The number of amides is 2. The molecule has 0 saturated carbocycles. The largest absolute Gasteiger partial charge is 0.481 e. The fourth-order valence-electron chi connectivity index (χ4n) is 0.936. The van der Waals surface area contributed by atoms with Crippen molar-refractivity contribution < 1.29 is 14.7 Å². The highest BCUT2D eigenvalue weighted by Gasteiger charge is 2.10. The lowest BCUT2D eigenvalue weighted by atomic mass is 10.1. The predicted molar refractivity (Wildman–Crippen MR) is 62.2 cm³/mol. The smallest absolute Gasteiger partial charge is 0.315 e. The fourth-order valence-corrected chi connectivity index (χ4v) is 0.936. The first kappa shape index (κ1) is 14.5. The third-order valence-corrected chi connectivity index (χ3v) is 2.06. The van der Waals surface area contributed by atoms with E-state index in [1.165, 1.54) is 0 Å². The van der Waals surface area contributed by atoms with Crippen molar-refractivity contribution in [2.45, 2.75) is 27.2 Å². The van der Waals surface area contributed by atoms with E-state index in [0.29, 0.717) is 19.5 Å². The van der Waals surface area contributed by atoms with Crippen molar-refractivity contribution in [1.29, 1.82) is 0 Å². The zero-order valence-electron chi connectivity index (χ0n) is 10.0. The molecule has 92 valence electrons. The van der Waals surface area contributed by atoms with Gasteiger partial charge in [0.2, 0.25) is 0 Å². The monoisotopic (exact) mass is 228 g/mol. The number of nitrogens with one attached hydrogen (secondary N) is 2. The Morgan fingerprint density at radius 2 is 1.94 bits per heavy atom. The molecule has 0 fully saturated rings. The number of rotatable bonds is 6. The lowest BCUT2D eigenvalue weighted by Gasteiger charge is -2.08. The number of urea groups is 1. The standard InChI is InChI=1S/C11H20N2O3/c1-8(2)4-6-12-11(16)13-7-5-9(3)10(14)15/h4,9H,5-7H2,1-3H3,(H,14,15)(H2,12,13,16). The number of hydrogen-bond donors (Lipinski definition) is 3. The summed E-state index contributed by atoms with van der Waals surface area (Å²) in [7, 11) is 0. The molecule has 0 aliphatic heterocycles. The third kappa shape index (κ3) is 7.84. The number of carboxylic acid groups (broad SMARTS) is 1. The van der Waals surface area contributed by atoms with Crippen LogP contribution in [0.15, 0.2) is 11.6 Å². The Morgan fingerprint density at radius 1 is 1.31 bits per heavy atom. The molecule has 1 unspecified atom stereocenters. The lowest BCUT2D eigenvalue weighted by molar-refractivity contribution is -0.141. The first-order valence-corrected chi connectivity index (χ1v) is 5.31. The molecule has 3 N–H and O–H groups in total. The van der Waals surface area contributed by atoms with E-state index in [1.807, 2.05) is 19.9 Å². The number of carbonyl (C=O) groups excluding carboxylic acids is 1. The summed E-state index contributed by atoms with van der Waals surface area (Å²) >= 11 is 0. The van der Waals surface area contributed by atoms with Crippen LogP contribution in [0.5, 0.6) is 0 Å². The molecule has 16 heavy (non-hydrogen) atoms. The Labute approximate surface area is 95.9 Å². The lowest BCUT2D eigenvalue weighted by Crippen LogP contribution is -2.36. The van der Waals surface area contributed by atoms with E-state index in [2.05, 4.69) is 10.6 Å². The zero-order valence-corrected chi connectivity index (χ0v) is 10.0. The minimum Gasteiger partial charge on any atom is -0.481 e. The third-order valence-electron chi connectivity index (χ3n) is 2.06. The summed E-state index contributed by atoms with van der Waals surface area (Å²) in [5.74, 6) is -1.27. The molecule has 0 aromatic carbocycles. The Morgan fingerprint density at radius 3 is 2.44 bits per heavy atom. The quantitative estimate of drug-likeness (QED) is 0.601. The molecule has 0 aromatic rings. The van der Waals surface area contributed by atoms with Crippen molar-refractivity contribution in [3.8, 4) is 0 Å². The van der Waals surface area contributed by atoms with Gasteiger partial charge in [0, 0.05) is 13.1 Å². The topological polar surface area (TPSA) is 78.4 Å². The molecule has 0 aliphatic carbocycles. The number of aliphatic carboxylic acids is 1. The van der Waals surface area contributed by atoms with E-state index in [1.54, 1.807) is 6.92 Å². The average Bonchev–Trinajstić information content (AvgIpc) is 2.16. The maximum atomic E-state index is 11.2. The molecular formula is C11H20N2O3. The van der Waals surface area contributed by atoms with E-state index < -0.39 is 11.9 Å². The van der Waals surface area contributed by atoms with Crippen LogP contribution in [0.1, 0.15) is 27.2 Å². The van der Waals surface area contributed by atoms with Crippen LogP contribution in [-0.2, 0) is 4.79 Å². The first-order valence-electron chi connectivity index (χ1n) is 5.31. The SMILES string of the molecule is CC(C)=CCNC(=O)NCCC(C)C(=O)O. The second-order valence-electron chi connectivity index (χ2n) is 3.95. The number of carbonyl (C=O) groups is 2. The number of hydrogen-bond acceptors (Lipinski definition) is 2. The van der Waals surface area contributed by atoms with Gasteiger partial charge in [-0.15, -0.1) is 0 Å². The zero-order chi connectivity index (χ0) is 12.6. The summed E-state index contributed by atoms with van der Waals surface area (Å²) in [5.41, 5.74) is 1.14. The van der Waals surface area contributed by atoms with Gasteiger partial charge >= 0.3 is 12.0 Å². The molecule has 0 rings (SSSR count). The molecule has 1 atom stereocenters. The number of allylic oxidation sites excluding steroid dienone is 1. The van der Waals surface area contributed by atoms with Crippen molar-refractivity contribution in [1.82, 2.24) is 10.6 Å². The van der Waals surface area contributed by atoms with Crippen molar-refractivity contribution >= 4 is 12.0 Å². The summed E-state index contributed by atoms with van der Waals surface area (Å²) in [4.78, 5) is 21.7. The maximum Gasteiger partial charge on any atom is 0.315 e. The van der Waals surface area contributed by atoms with Crippen LogP contribution in [0.25, 0.3) is 0 Å². The van der Waals surface area contributed by atoms with E-state index in [0.717, 1.165) is 5.57 Å². The van der Waals surface area contributed by atoms with Crippen LogP contribution < -0.4 is 10.6 Å². The molecule has 2 amide bonds. The van der Waals surface area contributed by atoms with Gasteiger partial charge in [0.05, 0.1) is 5.92 Å². The highest BCUT2D eigenvalue weighted by molar-refractivity contribution is 5.74. The predicted octanol–water partition coefficient (Wildman–Crippen LogP) is 1.36. The Balaban J connectivity index is 3.59. The molecule has 0 aromatic heterocycles. The van der Waals surface area contributed by atoms with Gasteiger partial charge < -0.3 is 15.7 Å². The van der Waals surface area contributed by atoms with Crippen LogP contribution in [0.2, 0.25) is 0 Å². The minimum atomic E-state index is -0.841. The highest BCUT2D eigenvalue weighted by atomic mass is 16.4. The molecule has 0 aliphatic rings. The van der Waals surface area contributed by atoms with E-state index in [4.69, 9.17) is 5.11 Å². The molecule has 0 bridgehead atoms. The van der Waals surface area contributed by atoms with Crippen LogP contribution >= 0.6 is 0 Å². The molecule has 0 heterocycles. The summed E-state index contributed by atoms with van der Waals surface area (Å²) in [6.45, 7) is 6.38. The molecular weight excluding hydrogens is 208 g/mol. The van der Waals surface area contributed by atoms with Crippen LogP contribution in [0.3, 0.4) is 0 Å². The molecule has 0 saturated heterocycles. The van der Waals surface area contributed by atoms with E-state index >= 15 is 0 Å². The minimum absolute atomic E-state index is 0.268. The van der Waals surface area contributed by atoms with Gasteiger partial charge in [-0.2, -0.15) is 0 Å². The molecule has 0 radical (unpaired) electrons. The summed E-state index contributed by atoms with van der Waals surface area (Å²) in [6.07, 6.45) is 2.34. The van der Waals surface area contributed by atoms with Gasteiger partial charge in [-0.3, -0.25) is 4.79 Å². The Kier molecular flexibility index (Phi) is 7.00. The van der Waals surface area contributed by atoms with E-state index in [-0.39, 0.29) is 6.03 Å². The van der Waals surface area contributed by atoms with Crippen molar-refractivity contribution in [3.05, 3.63) is 11.6 Å². The second kappa shape index (κ2) is 7.73. The van der Waals surface area contributed by atoms with Crippen LogP contribution in [-0.4, -0.2) is 30.2 Å². The molecule has 5 nitrogen and oxygen atoms in total. The van der Waals surface area contributed by atoms with Gasteiger partial charge in [-0.25, -0.2) is 4.79 Å². The molecule has 0 spiro atoms. The molecule has 5 heteroatoms. The van der Waals surface area contributed by atoms with Crippen LogP contribution in [0.4, 0.5) is 4.79 Å². The summed E-state index contributed by atoms with van der Waals surface area (Å²) < 4.78 is 0. The van der Waals surface area contributed by atoms with Gasteiger partial charge in [0.25, 0.3) is 0 Å². The Bertz CT molecular complexity index is 270. The highest BCUT2D eigenvalue weighted by Crippen LogP contribution is 1.99. The van der Waals surface area contributed by atoms with Gasteiger partial charge in [0.1, 0.15) is 0 Å². The average molecular weight is 228 g/mol. The van der Waals surface area contributed by atoms with Crippen LogP contribution in [0, 0.1) is 5.92 Å². The van der Waals surface area contributed by atoms with Crippen molar-refractivity contribution in [2.75, 3.05) is 13.1 Å². The van der Waals surface area contributed by atoms with E-state index in [9.17, 15) is 9.59 Å². The maximum absolute atomic E-state index is 11.2. The summed E-state index contributed by atoms with van der Waals surface area (Å²) in [6, 6.07) is -0.268.